The third kappa shape index (κ3) is 5.07. The summed E-state index contributed by atoms with van der Waals surface area (Å²) in [7, 11) is -0.796. The minimum atomic E-state index is -0.398. The van der Waals surface area contributed by atoms with E-state index in [4.69, 9.17) is 18.6 Å². The maximum atomic E-state index is 6.48. The lowest BCUT2D eigenvalue weighted by Gasteiger charge is -2.32. The van der Waals surface area contributed by atoms with Crippen LogP contribution in [0.25, 0.3) is 43.8 Å². The van der Waals surface area contributed by atoms with E-state index >= 15 is 0 Å². The Labute approximate surface area is 287 Å². The van der Waals surface area contributed by atoms with E-state index in [-0.39, 0.29) is 0 Å². The van der Waals surface area contributed by atoms with Gasteiger partial charge in [0.2, 0.25) is 0 Å². The van der Waals surface area contributed by atoms with E-state index in [1.165, 1.54) is 54.9 Å². The minimum absolute atomic E-state index is 0.391. The summed E-state index contributed by atoms with van der Waals surface area (Å²) in [6.45, 7) is 25.6. The molecule has 2 aliphatic rings. The number of benzene rings is 5. The second-order valence-electron chi connectivity index (χ2n) is 16.1. The Hall–Kier alpha value is -3.41. The highest BCUT2D eigenvalue weighted by Crippen LogP contribution is 2.46. The number of hydrogen-bond donors (Lipinski definition) is 0. The molecule has 2 fully saturated rings. The maximum Gasteiger partial charge on any atom is 0.495 e. The van der Waals surface area contributed by atoms with Gasteiger partial charge in [0.05, 0.1) is 22.4 Å². The van der Waals surface area contributed by atoms with E-state index in [0.717, 1.165) is 22.1 Å². The number of rotatable bonds is 4. The van der Waals surface area contributed by atoms with Gasteiger partial charge in [0, 0.05) is 0 Å². The Balaban J connectivity index is 1.40. The summed E-state index contributed by atoms with van der Waals surface area (Å²) in [6, 6.07) is 26.9. The van der Waals surface area contributed by atoms with Gasteiger partial charge in [-0.2, -0.15) is 0 Å². The van der Waals surface area contributed by atoms with Gasteiger partial charge in [-0.3, -0.25) is 0 Å². The average molecular weight is 638 g/mol. The van der Waals surface area contributed by atoms with Crippen LogP contribution in [-0.2, 0) is 18.6 Å². The van der Waals surface area contributed by atoms with Crippen molar-refractivity contribution in [1.82, 2.24) is 0 Å². The molecule has 0 amide bonds. The van der Waals surface area contributed by atoms with Crippen LogP contribution in [0.2, 0.25) is 0 Å². The zero-order chi connectivity index (χ0) is 34.6. The first-order chi connectivity index (χ1) is 22.4. The van der Waals surface area contributed by atoms with Crippen molar-refractivity contribution in [2.75, 3.05) is 0 Å². The lowest BCUT2D eigenvalue weighted by atomic mass is 9.73. The summed E-state index contributed by atoms with van der Waals surface area (Å²) < 4.78 is 25.9. The van der Waals surface area contributed by atoms with Crippen LogP contribution in [0.5, 0.6) is 0 Å². The molecule has 48 heavy (non-hydrogen) atoms. The third-order valence-electron chi connectivity index (χ3n) is 11.7. The molecule has 246 valence electrons. The SMILES string of the molecule is Cc1cc(-c2c3ccccc3c(-c3cc(C)c(B4OC(C)(C)C(C)(C)O4)cc3C)c3ccccc23)c(C)cc1B1OC(C)(C)C(C)(C)O1. The van der Waals surface area contributed by atoms with Crippen molar-refractivity contribution in [2.45, 2.75) is 105 Å². The van der Waals surface area contributed by atoms with Gasteiger partial charge in [-0.05, 0) is 149 Å². The summed E-state index contributed by atoms with van der Waals surface area (Å²) >= 11 is 0. The van der Waals surface area contributed by atoms with Crippen LogP contribution in [0.15, 0.2) is 72.8 Å². The van der Waals surface area contributed by atoms with Crippen LogP contribution in [0.4, 0.5) is 0 Å². The number of fused-ring (bicyclic) bond motifs is 2. The molecule has 7 rings (SSSR count). The molecule has 2 saturated heterocycles. The van der Waals surface area contributed by atoms with Gasteiger partial charge in [0.15, 0.2) is 0 Å². The van der Waals surface area contributed by atoms with E-state index in [0.29, 0.717) is 0 Å². The zero-order valence-corrected chi connectivity index (χ0v) is 30.7. The van der Waals surface area contributed by atoms with Crippen molar-refractivity contribution in [1.29, 1.82) is 0 Å². The van der Waals surface area contributed by atoms with E-state index in [2.05, 4.69) is 156 Å². The summed E-state index contributed by atoms with van der Waals surface area (Å²) in [4.78, 5) is 0. The molecule has 2 aliphatic heterocycles. The second kappa shape index (κ2) is 11.0. The van der Waals surface area contributed by atoms with Crippen molar-refractivity contribution in [3.05, 3.63) is 95.1 Å². The monoisotopic (exact) mass is 638 g/mol. The van der Waals surface area contributed by atoms with Crippen LogP contribution >= 0.6 is 0 Å². The Morgan fingerprint density at radius 2 is 0.667 bits per heavy atom. The Kier molecular flexibility index (Phi) is 7.62. The quantitative estimate of drug-likeness (QED) is 0.145. The van der Waals surface area contributed by atoms with Gasteiger partial charge >= 0.3 is 14.2 Å². The number of hydrogen-bond acceptors (Lipinski definition) is 4. The van der Waals surface area contributed by atoms with Crippen molar-refractivity contribution < 1.29 is 18.6 Å². The molecule has 0 aromatic heterocycles. The lowest BCUT2D eigenvalue weighted by Crippen LogP contribution is -2.41. The van der Waals surface area contributed by atoms with E-state index in [1.54, 1.807) is 0 Å². The summed E-state index contributed by atoms with van der Waals surface area (Å²) in [6.07, 6.45) is 0. The highest BCUT2D eigenvalue weighted by Gasteiger charge is 2.53. The van der Waals surface area contributed by atoms with Crippen LogP contribution in [0, 0.1) is 27.7 Å². The topological polar surface area (TPSA) is 36.9 Å². The molecular weight excluding hydrogens is 590 g/mol. The van der Waals surface area contributed by atoms with E-state index in [9.17, 15) is 0 Å². The molecule has 0 spiro atoms. The molecule has 6 heteroatoms. The molecule has 4 nitrogen and oxygen atoms in total. The Morgan fingerprint density at radius 3 is 0.938 bits per heavy atom. The Morgan fingerprint density at radius 1 is 0.396 bits per heavy atom. The van der Waals surface area contributed by atoms with Crippen molar-refractivity contribution in [2.24, 2.45) is 0 Å². The predicted octanol–water partition coefficient (Wildman–Crippen LogP) is 9.16. The molecule has 0 unspecified atom stereocenters. The first-order valence-corrected chi connectivity index (χ1v) is 17.3. The standard InChI is InChI=1S/C42H48B2O4/c1-25-23-35(43-45-39(5,6)40(7,8)46-43)27(3)21-33(25)37-29-17-13-15-19-31(29)38(32-20-16-14-18-30(32)37)34-22-28(4)36(24-26(34)2)44-47-41(9,10)42(11,12)48-44/h13-24H,1-12H3. The highest BCUT2D eigenvalue weighted by molar-refractivity contribution is 6.63. The van der Waals surface area contributed by atoms with Crippen molar-refractivity contribution >= 4 is 46.7 Å². The lowest BCUT2D eigenvalue weighted by molar-refractivity contribution is 0.00578. The molecule has 0 aliphatic carbocycles. The van der Waals surface area contributed by atoms with Crippen molar-refractivity contribution in [3.8, 4) is 22.3 Å². The van der Waals surface area contributed by atoms with Crippen LogP contribution in [-0.4, -0.2) is 36.6 Å². The van der Waals surface area contributed by atoms with Gasteiger partial charge in [-0.15, -0.1) is 0 Å². The predicted molar refractivity (Wildman–Crippen MR) is 203 cm³/mol. The molecule has 5 aromatic rings. The van der Waals surface area contributed by atoms with Gasteiger partial charge in [0.1, 0.15) is 0 Å². The second-order valence-corrected chi connectivity index (χ2v) is 16.1. The molecule has 0 atom stereocenters. The molecule has 0 bridgehead atoms. The van der Waals surface area contributed by atoms with E-state index < -0.39 is 36.6 Å². The van der Waals surface area contributed by atoms with Crippen LogP contribution in [0.1, 0.15) is 77.6 Å². The first-order valence-electron chi connectivity index (χ1n) is 17.3. The van der Waals surface area contributed by atoms with Gasteiger partial charge in [0.25, 0.3) is 0 Å². The van der Waals surface area contributed by atoms with E-state index in [1.807, 2.05) is 0 Å². The highest BCUT2D eigenvalue weighted by atomic mass is 16.7. The van der Waals surface area contributed by atoms with Gasteiger partial charge < -0.3 is 18.6 Å². The minimum Gasteiger partial charge on any atom is -0.399 e. The smallest absolute Gasteiger partial charge is 0.399 e. The Bertz CT molecular complexity index is 1870. The van der Waals surface area contributed by atoms with Crippen LogP contribution in [0.3, 0.4) is 0 Å². The fraction of sp³-hybridized carbons (Fsp3) is 0.381. The van der Waals surface area contributed by atoms with Crippen LogP contribution < -0.4 is 10.9 Å². The average Bonchev–Trinajstić information content (AvgIpc) is 3.37. The summed E-state index contributed by atoms with van der Waals surface area (Å²) in [5.74, 6) is 0. The van der Waals surface area contributed by atoms with Gasteiger partial charge in [-0.25, -0.2) is 0 Å². The van der Waals surface area contributed by atoms with Gasteiger partial charge in [-0.1, -0.05) is 83.9 Å². The fourth-order valence-electron chi connectivity index (χ4n) is 7.37. The molecule has 0 saturated carbocycles. The largest absolute Gasteiger partial charge is 0.495 e. The zero-order valence-electron chi connectivity index (χ0n) is 30.7. The molecule has 2 heterocycles. The molecular formula is C42H48B2O4. The fourth-order valence-corrected chi connectivity index (χ4v) is 7.37. The first kappa shape index (κ1) is 33.1. The molecule has 0 radical (unpaired) electrons. The summed E-state index contributed by atoms with van der Waals surface area (Å²) in [5, 5.41) is 4.96. The number of aryl methyl sites for hydroxylation is 4. The molecule has 0 N–H and O–H groups in total. The normalized spacial score (nSPS) is 19.5. The third-order valence-corrected chi connectivity index (χ3v) is 11.7. The maximum absolute atomic E-state index is 6.48. The molecule has 5 aromatic carbocycles. The summed E-state index contributed by atoms with van der Waals surface area (Å²) in [5.41, 5.74) is 10.3. The van der Waals surface area contributed by atoms with Crippen molar-refractivity contribution in [3.63, 3.8) is 0 Å².